The molecule has 0 saturated heterocycles. The van der Waals surface area contributed by atoms with E-state index in [4.69, 9.17) is 18.9 Å². The highest BCUT2D eigenvalue weighted by molar-refractivity contribution is 8.77. The van der Waals surface area contributed by atoms with E-state index in [0.717, 1.165) is 90.6 Å². The molecule has 0 N–H and O–H groups in total. The summed E-state index contributed by atoms with van der Waals surface area (Å²) in [4.78, 5) is 1.13. The lowest BCUT2D eigenvalue weighted by molar-refractivity contribution is -0.0924. The predicted octanol–water partition coefficient (Wildman–Crippen LogP) is 7.08. The van der Waals surface area contributed by atoms with Crippen LogP contribution in [0.4, 0.5) is 0 Å². The van der Waals surface area contributed by atoms with E-state index in [-0.39, 0.29) is 11.8 Å². The molecule has 0 aromatic heterocycles. The molecule has 0 saturated carbocycles. The first kappa shape index (κ1) is 33.0. The van der Waals surface area contributed by atoms with Crippen LogP contribution in [0.3, 0.4) is 0 Å². The topological polar surface area (TPSA) is 36.9 Å². The van der Waals surface area contributed by atoms with Crippen molar-refractivity contribution in [2.75, 3.05) is 26.4 Å². The van der Waals surface area contributed by atoms with Gasteiger partial charge in [-0.2, -0.15) is 0 Å². The molecular weight excluding hydrogens is 473 g/mol. The van der Waals surface area contributed by atoms with Crippen molar-refractivity contribution < 1.29 is 18.9 Å². The summed E-state index contributed by atoms with van der Waals surface area (Å²) in [6, 6.07) is 0. The van der Waals surface area contributed by atoms with Crippen LogP contribution in [-0.2, 0) is 18.9 Å². The SMILES string of the molecule is CCCCOC(OCCCC)[Si]C(CC)SSC(CC)[Si]C(OCCCC)OCCCC. The highest BCUT2D eigenvalue weighted by Gasteiger charge is 2.23. The molecule has 0 spiro atoms. The molecule has 32 heavy (non-hydrogen) atoms. The van der Waals surface area contributed by atoms with Gasteiger partial charge in [0, 0.05) is 36.2 Å². The lowest BCUT2D eigenvalue weighted by atomic mass is 10.4. The molecule has 0 bridgehead atoms. The van der Waals surface area contributed by atoms with Crippen molar-refractivity contribution in [2.24, 2.45) is 0 Å². The second kappa shape index (κ2) is 25.1. The highest BCUT2D eigenvalue weighted by Crippen LogP contribution is 2.34. The molecule has 4 radical (unpaired) electrons. The Kier molecular flexibility index (Phi) is 25.8. The Bertz CT molecular complexity index is 330. The van der Waals surface area contributed by atoms with E-state index in [1.54, 1.807) is 0 Å². The summed E-state index contributed by atoms with van der Waals surface area (Å²) in [5, 5.41) is 0. The molecule has 0 aliphatic rings. The summed E-state index contributed by atoms with van der Waals surface area (Å²) < 4.78 is 24.4. The van der Waals surface area contributed by atoms with Crippen LogP contribution in [0.5, 0.6) is 0 Å². The van der Waals surface area contributed by atoms with Gasteiger partial charge in [-0.25, -0.2) is 0 Å². The molecule has 0 aliphatic carbocycles. The van der Waals surface area contributed by atoms with Gasteiger partial charge < -0.3 is 18.9 Å². The maximum atomic E-state index is 6.10. The maximum absolute atomic E-state index is 6.10. The van der Waals surface area contributed by atoms with Crippen molar-refractivity contribution in [3.63, 3.8) is 0 Å². The lowest BCUT2D eigenvalue weighted by Crippen LogP contribution is -2.34. The Balaban J connectivity index is 4.65. The van der Waals surface area contributed by atoms with Crippen LogP contribution in [0.25, 0.3) is 0 Å². The average Bonchev–Trinajstić information content (AvgIpc) is 2.80. The molecule has 0 rings (SSSR count). The summed E-state index contributed by atoms with van der Waals surface area (Å²) in [6.45, 7) is 16.6. The summed E-state index contributed by atoms with van der Waals surface area (Å²) >= 11 is 0. The molecule has 0 aromatic carbocycles. The Morgan fingerprint density at radius 3 is 1.00 bits per heavy atom. The molecule has 0 heterocycles. The molecule has 190 valence electrons. The summed E-state index contributed by atoms with van der Waals surface area (Å²) in [7, 11) is 5.39. The Morgan fingerprint density at radius 2 is 0.781 bits per heavy atom. The number of hydrogen-bond donors (Lipinski definition) is 0. The van der Waals surface area contributed by atoms with E-state index in [9.17, 15) is 0 Å². The fourth-order valence-electron chi connectivity index (χ4n) is 2.49. The zero-order valence-electron chi connectivity index (χ0n) is 21.7. The first-order valence-electron chi connectivity index (χ1n) is 12.9. The zero-order chi connectivity index (χ0) is 23.9. The second-order valence-electron chi connectivity index (χ2n) is 7.88. The van der Waals surface area contributed by atoms with Gasteiger partial charge in [0.1, 0.15) is 30.9 Å². The Labute approximate surface area is 212 Å². The van der Waals surface area contributed by atoms with Gasteiger partial charge in [-0.15, -0.1) is 0 Å². The van der Waals surface area contributed by atoms with Crippen molar-refractivity contribution >= 4 is 40.6 Å². The predicted molar refractivity (Wildman–Crippen MR) is 146 cm³/mol. The first-order chi connectivity index (χ1) is 15.6. The Morgan fingerprint density at radius 1 is 0.500 bits per heavy atom. The summed E-state index contributed by atoms with van der Waals surface area (Å²) in [5.74, 6) is -0.0904. The van der Waals surface area contributed by atoms with Gasteiger partial charge >= 0.3 is 0 Å². The molecule has 0 aliphatic heterocycles. The van der Waals surface area contributed by atoms with Crippen molar-refractivity contribution in [1.29, 1.82) is 0 Å². The zero-order valence-corrected chi connectivity index (χ0v) is 25.3. The van der Waals surface area contributed by atoms with E-state index in [0.29, 0.717) is 28.8 Å². The second-order valence-corrected chi connectivity index (χ2v) is 14.4. The smallest absolute Gasteiger partial charge is 0.138 e. The molecule has 0 fully saturated rings. The fourth-order valence-corrected chi connectivity index (χ4v) is 9.70. The quantitative estimate of drug-likeness (QED) is 0.0552. The first-order valence-corrected chi connectivity index (χ1v) is 17.5. The van der Waals surface area contributed by atoms with Crippen LogP contribution in [0.1, 0.15) is 106 Å². The van der Waals surface area contributed by atoms with Gasteiger partial charge in [-0.05, 0) is 38.5 Å². The average molecular weight is 523 g/mol. The van der Waals surface area contributed by atoms with E-state index < -0.39 is 0 Å². The van der Waals surface area contributed by atoms with Gasteiger partial charge in [0.15, 0.2) is 0 Å². The van der Waals surface area contributed by atoms with Gasteiger partial charge in [0.2, 0.25) is 0 Å². The van der Waals surface area contributed by atoms with Crippen molar-refractivity contribution in [3.8, 4) is 0 Å². The third-order valence-corrected chi connectivity index (χ3v) is 13.0. The van der Waals surface area contributed by atoms with Crippen LogP contribution in [-0.4, -0.2) is 67.0 Å². The molecule has 0 aromatic rings. The highest BCUT2D eigenvalue weighted by atomic mass is 33.1. The van der Waals surface area contributed by atoms with Gasteiger partial charge in [-0.3, -0.25) is 0 Å². The minimum Gasteiger partial charge on any atom is -0.357 e. The molecule has 0 amide bonds. The van der Waals surface area contributed by atoms with Gasteiger partial charge in [0.05, 0.1) is 0 Å². The summed E-state index contributed by atoms with van der Waals surface area (Å²) in [6.07, 6.45) is 11.3. The molecule has 8 heteroatoms. The number of hydrogen-bond acceptors (Lipinski definition) is 6. The van der Waals surface area contributed by atoms with Crippen molar-refractivity contribution in [1.82, 2.24) is 0 Å². The standard InChI is InChI=1S/C24H50O4S2Si2/c1-7-13-17-25-23(26-18-14-8-2)31-21(11-5)29-30-22(12-6)32-24(27-19-15-9-3)28-20-16-10-4/h21-24H,7-20H2,1-6H3. The van der Waals surface area contributed by atoms with Crippen LogP contribution < -0.4 is 0 Å². The minimum absolute atomic E-state index is 0.0452. The lowest BCUT2D eigenvalue weighted by Gasteiger charge is -2.25. The monoisotopic (exact) mass is 522 g/mol. The molecular formula is C24H50O4S2Si2. The van der Waals surface area contributed by atoms with Crippen molar-refractivity contribution in [3.05, 3.63) is 0 Å². The summed E-state index contributed by atoms with van der Waals surface area (Å²) in [5.41, 5.74) is 0. The molecule has 2 unspecified atom stereocenters. The van der Waals surface area contributed by atoms with Crippen LogP contribution in [0.2, 0.25) is 0 Å². The number of ether oxygens (including phenoxy) is 4. The van der Waals surface area contributed by atoms with E-state index in [1.807, 2.05) is 21.6 Å². The number of unbranched alkanes of at least 4 members (excludes halogenated alkanes) is 4. The van der Waals surface area contributed by atoms with Crippen molar-refractivity contribution in [2.45, 2.75) is 127 Å². The molecule has 2 atom stereocenters. The third-order valence-electron chi connectivity index (χ3n) is 4.74. The minimum atomic E-state index is -0.0452. The van der Waals surface area contributed by atoms with Crippen LogP contribution >= 0.6 is 21.6 Å². The normalized spacial score (nSPS) is 13.9. The van der Waals surface area contributed by atoms with E-state index in [1.165, 1.54) is 0 Å². The maximum Gasteiger partial charge on any atom is 0.138 e. The van der Waals surface area contributed by atoms with E-state index >= 15 is 0 Å². The molecule has 4 nitrogen and oxygen atoms in total. The number of rotatable bonds is 25. The van der Waals surface area contributed by atoms with Gasteiger partial charge in [-0.1, -0.05) is 88.8 Å². The van der Waals surface area contributed by atoms with Crippen LogP contribution in [0, 0.1) is 0 Å². The van der Waals surface area contributed by atoms with E-state index in [2.05, 4.69) is 41.5 Å². The van der Waals surface area contributed by atoms with Crippen LogP contribution in [0.15, 0.2) is 0 Å². The Hall–Kier alpha value is 0.974. The third kappa shape index (κ3) is 19.3. The largest absolute Gasteiger partial charge is 0.357 e. The van der Waals surface area contributed by atoms with Gasteiger partial charge in [0.25, 0.3) is 0 Å². The fraction of sp³-hybridized carbons (Fsp3) is 1.00.